The van der Waals surface area contributed by atoms with Crippen molar-refractivity contribution in [2.75, 3.05) is 23.3 Å². The number of aromatic amines is 1. The summed E-state index contributed by atoms with van der Waals surface area (Å²) in [4.78, 5) is 28.8. The molecule has 8 nitrogen and oxygen atoms in total. The van der Waals surface area contributed by atoms with Gasteiger partial charge in [-0.1, -0.05) is 6.07 Å². The van der Waals surface area contributed by atoms with Crippen LogP contribution in [0, 0.1) is 11.3 Å². The lowest BCUT2D eigenvalue weighted by Crippen LogP contribution is -2.22. The van der Waals surface area contributed by atoms with Gasteiger partial charge in [-0.15, -0.1) is 0 Å². The molecule has 3 aromatic rings. The number of rotatable bonds is 4. The van der Waals surface area contributed by atoms with Gasteiger partial charge in [0, 0.05) is 30.6 Å². The smallest absolute Gasteiger partial charge is 0.249 e. The van der Waals surface area contributed by atoms with Crippen molar-refractivity contribution in [2.45, 2.75) is 12.6 Å². The van der Waals surface area contributed by atoms with Gasteiger partial charge in [0.05, 0.1) is 17.8 Å². The highest BCUT2D eigenvalue weighted by Crippen LogP contribution is 2.27. The van der Waals surface area contributed by atoms with Gasteiger partial charge in [0.2, 0.25) is 11.5 Å². The fourth-order valence-corrected chi connectivity index (χ4v) is 3.06. The molecule has 2 N–H and O–H groups in total. The molecule has 4 rings (SSSR count). The molecule has 0 aromatic carbocycles. The molecule has 0 unspecified atom stereocenters. The minimum atomic E-state index is -0.895. The molecular formula is C19H16FN7O. The Labute approximate surface area is 159 Å². The number of halogens is 1. The third-order valence-corrected chi connectivity index (χ3v) is 4.38. The summed E-state index contributed by atoms with van der Waals surface area (Å²) < 4.78 is 13.5. The molecular weight excluding hydrogens is 361 g/mol. The number of pyridine rings is 2. The van der Waals surface area contributed by atoms with E-state index in [0.29, 0.717) is 47.4 Å². The van der Waals surface area contributed by atoms with E-state index in [1.165, 1.54) is 6.07 Å². The molecule has 3 aromatic heterocycles. The van der Waals surface area contributed by atoms with Gasteiger partial charge in [0.1, 0.15) is 23.9 Å². The van der Waals surface area contributed by atoms with Crippen LogP contribution in [0.25, 0.3) is 11.3 Å². The first-order chi connectivity index (χ1) is 13.6. The van der Waals surface area contributed by atoms with Crippen LogP contribution in [0.2, 0.25) is 0 Å². The second-order valence-corrected chi connectivity index (χ2v) is 6.36. The summed E-state index contributed by atoms with van der Waals surface area (Å²) in [5.74, 6) is 1.24. The predicted octanol–water partition coefficient (Wildman–Crippen LogP) is 2.39. The lowest BCUT2D eigenvalue weighted by atomic mass is 10.1. The van der Waals surface area contributed by atoms with Crippen LogP contribution < -0.4 is 15.8 Å². The Morgan fingerprint density at radius 2 is 2.21 bits per heavy atom. The lowest BCUT2D eigenvalue weighted by molar-refractivity contribution is 0.364. The van der Waals surface area contributed by atoms with E-state index in [4.69, 9.17) is 0 Å². The quantitative estimate of drug-likeness (QED) is 0.718. The first-order valence-electron chi connectivity index (χ1n) is 8.71. The summed E-state index contributed by atoms with van der Waals surface area (Å²) in [7, 11) is 0. The van der Waals surface area contributed by atoms with Crippen molar-refractivity contribution in [2.24, 2.45) is 0 Å². The van der Waals surface area contributed by atoms with Gasteiger partial charge in [0.25, 0.3) is 0 Å². The van der Waals surface area contributed by atoms with Crippen molar-refractivity contribution < 1.29 is 4.39 Å². The van der Waals surface area contributed by atoms with E-state index >= 15 is 0 Å². The van der Waals surface area contributed by atoms with Gasteiger partial charge in [0.15, 0.2) is 0 Å². The number of nitrogens with one attached hydrogen (secondary N) is 2. The maximum absolute atomic E-state index is 13.5. The van der Waals surface area contributed by atoms with Gasteiger partial charge in [-0.05, 0) is 24.6 Å². The van der Waals surface area contributed by atoms with Gasteiger partial charge in [-0.2, -0.15) is 5.26 Å². The second-order valence-electron chi connectivity index (χ2n) is 6.36. The fraction of sp³-hybridized carbons (Fsp3) is 0.211. The average molecular weight is 377 g/mol. The number of hydrogen-bond donors (Lipinski definition) is 2. The molecule has 0 spiro atoms. The van der Waals surface area contributed by atoms with E-state index in [9.17, 15) is 14.4 Å². The summed E-state index contributed by atoms with van der Waals surface area (Å²) in [5.41, 5.74) is 1.34. The molecule has 1 saturated heterocycles. The van der Waals surface area contributed by atoms with Gasteiger partial charge < -0.3 is 15.2 Å². The number of hydrogen-bond acceptors (Lipinski definition) is 7. The highest BCUT2D eigenvalue weighted by molar-refractivity contribution is 5.67. The largest absolute Gasteiger partial charge is 0.352 e. The van der Waals surface area contributed by atoms with Crippen LogP contribution in [0.4, 0.5) is 22.0 Å². The molecule has 1 fully saturated rings. The number of aromatic nitrogens is 4. The highest BCUT2D eigenvalue weighted by atomic mass is 19.1. The molecule has 9 heteroatoms. The lowest BCUT2D eigenvalue weighted by Gasteiger charge is -2.18. The SMILES string of the molecule is N#Cc1cc(-c2ccnc(Nc3cccc(=O)[nH]3)n2)cnc1N1CC[C@H](F)C1. The van der Waals surface area contributed by atoms with Gasteiger partial charge >= 0.3 is 0 Å². The van der Waals surface area contributed by atoms with Crippen LogP contribution in [0.3, 0.4) is 0 Å². The van der Waals surface area contributed by atoms with Crippen LogP contribution in [0.5, 0.6) is 0 Å². The Kier molecular flexibility index (Phi) is 4.68. The molecule has 0 radical (unpaired) electrons. The summed E-state index contributed by atoms with van der Waals surface area (Å²) in [6.45, 7) is 0.789. The van der Waals surface area contributed by atoms with Crippen LogP contribution in [-0.2, 0) is 0 Å². The first-order valence-corrected chi connectivity index (χ1v) is 8.71. The molecule has 1 atom stereocenters. The average Bonchev–Trinajstić information content (AvgIpc) is 3.14. The third-order valence-electron chi connectivity index (χ3n) is 4.38. The number of H-pyrrole nitrogens is 1. The van der Waals surface area contributed by atoms with Crippen molar-refractivity contribution in [3.05, 3.63) is 58.6 Å². The fourth-order valence-electron chi connectivity index (χ4n) is 3.06. The van der Waals surface area contributed by atoms with E-state index in [-0.39, 0.29) is 12.1 Å². The second kappa shape index (κ2) is 7.44. The molecule has 0 bridgehead atoms. The minimum absolute atomic E-state index is 0.239. The van der Waals surface area contributed by atoms with Crippen molar-refractivity contribution in [3.8, 4) is 17.3 Å². The Morgan fingerprint density at radius 1 is 1.32 bits per heavy atom. The summed E-state index contributed by atoms with van der Waals surface area (Å²) in [5, 5.41) is 12.4. The molecule has 1 aliphatic rings. The maximum Gasteiger partial charge on any atom is 0.249 e. The molecule has 0 amide bonds. The zero-order chi connectivity index (χ0) is 19.5. The molecule has 0 saturated carbocycles. The van der Waals surface area contributed by atoms with E-state index in [2.05, 4.69) is 31.3 Å². The number of nitriles is 1. The van der Waals surface area contributed by atoms with E-state index < -0.39 is 6.17 Å². The van der Waals surface area contributed by atoms with Gasteiger partial charge in [-0.3, -0.25) is 4.79 Å². The molecule has 0 aliphatic carbocycles. The Bertz CT molecular complexity index is 1110. The Hall–Kier alpha value is -3.80. The third kappa shape index (κ3) is 3.66. The van der Waals surface area contributed by atoms with Crippen molar-refractivity contribution in [1.29, 1.82) is 5.26 Å². The number of alkyl halides is 1. The Morgan fingerprint density at radius 3 is 2.96 bits per heavy atom. The molecule has 28 heavy (non-hydrogen) atoms. The molecule has 4 heterocycles. The molecule has 140 valence electrons. The van der Waals surface area contributed by atoms with Crippen molar-refractivity contribution >= 4 is 17.6 Å². The topological polar surface area (TPSA) is 111 Å². The van der Waals surface area contributed by atoms with Crippen LogP contribution in [0.15, 0.2) is 47.5 Å². The molecule has 1 aliphatic heterocycles. The van der Waals surface area contributed by atoms with Crippen molar-refractivity contribution in [3.63, 3.8) is 0 Å². The number of nitrogens with zero attached hydrogens (tertiary/aromatic N) is 5. The Balaban J connectivity index is 1.62. The minimum Gasteiger partial charge on any atom is -0.352 e. The van der Waals surface area contributed by atoms with E-state index in [1.807, 2.05) is 0 Å². The standard InChI is InChI=1S/C19H16FN7O/c20-14-5-7-27(11-14)18-12(9-21)8-13(10-23-18)15-4-6-22-19(24-15)26-16-2-1-3-17(28)25-16/h1-4,6,8,10,14H,5,7,11H2,(H2,22,24,25,26,28)/t14-/m0/s1. The van der Waals surface area contributed by atoms with Crippen molar-refractivity contribution in [1.82, 2.24) is 19.9 Å². The number of anilines is 3. The van der Waals surface area contributed by atoms with E-state index in [0.717, 1.165) is 0 Å². The van der Waals surface area contributed by atoms with Crippen LogP contribution in [0.1, 0.15) is 12.0 Å². The predicted molar refractivity (Wildman–Crippen MR) is 102 cm³/mol. The zero-order valence-corrected chi connectivity index (χ0v) is 14.8. The maximum atomic E-state index is 13.5. The van der Waals surface area contributed by atoms with Crippen LogP contribution in [-0.4, -0.2) is 39.2 Å². The van der Waals surface area contributed by atoms with E-state index in [1.54, 1.807) is 41.6 Å². The monoisotopic (exact) mass is 377 g/mol. The summed E-state index contributed by atoms with van der Waals surface area (Å²) in [6, 6.07) is 10.2. The normalized spacial score (nSPS) is 16.0. The summed E-state index contributed by atoms with van der Waals surface area (Å²) in [6.07, 6.45) is 2.72. The van der Waals surface area contributed by atoms with Crippen LogP contribution >= 0.6 is 0 Å². The zero-order valence-electron chi connectivity index (χ0n) is 14.8. The summed E-state index contributed by atoms with van der Waals surface area (Å²) >= 11 is 0. The van der Waals surface area contributed by atoms with Gasteiger partial charge in [-0.25, -0.2) is 19.3 Å². The first kappa shape index (κ1) is 17.6. The highest BCUT2D eigenvalue weighted by Gasteiger charge is 2.25.